The number of aromatic nitrogens is 3. The highest BCUT2D eigenvalue weighted by atomic mass is 32.1. The third kappa shape index (κ3) is 3.51. The number of β-amino-alcohol motifs (C(OH)–C–C–N with tert-alkyl or cyclic N) is 1. The first-order valence-corrected chi connectivity index (χ1v) is 9.53. The van der Waals surface area contributed by atoms with E-state index in [9.17, 15) is 5.11 Å². The van der Waals surface area contributed by atoms with Gasteiger partial charge in [0.2, 0.25) is 0 Å². The highest BCUT2D eigenvalue weighted by Crippen LogP contribution is 2.33. The first kappa shape index (κ1) is 17.2. The SMILES string of the molecule is COc1cccc(-c2ncc(-c3nccn3CC3(O)CCCNC3)s2)c1. The average molecular weight is 370 g/mol. The van der Waals surface area contributed by atoms with Crippen LogP contribution >= 0.6 is 11.3 Å². The molecule has 1 aromatic carbocycles. The second-order valence-corrected chi connectivity index (χ2v) is 7.68. The molecule has 0 amide bonds. The Morgan fingerprint density at radius 2 is 2.31 bits per heavy atom. The topological polar surface area (TPSA) is 72.2 Å². The molecule has 0 radical (unpaired) electrons. The monoisotopic (exact) mass is 370 g/mol. The van der Waals surface area contributed by atoms with E-state index < -0.39 is 5.60 Å². The lowest BCUT2D eigenvalue weighted by molar-refractivity contribution is 0.00107. The van der Waals surface area contributed by atoms with Gasteiger partial charge in [0.1, 0.15) is 10.8 Å². The second kappa shape index (κ2) is 7.19. The predicted molar refractivity (Wildman–Crippen MR) is 102 cm³/mol. The third-order valence-corrected chi connectivity index (χ3v) is 5.72. The van der Waals surface area contributed by atoms with Crippen LogP contribution < -0.4 is 10.1 Å². The number of hydrogen-bond acceptors (Lipinski definition) is 6. The molecule has 1 aliphatic heterocycles. The van der Waals surface area contributed by atoms with Gasteiger partial charge in [-0.2, -0.15) is 0 Å². The van der Waals surface area contributed by atoms with Gasteiger partial charge in [0.15, 0.2) is 5.82 Å². The molecule has 0 aliphatic carbocycles. The molecule has 1 aliphatic rings. The summed E-state index contributed by atoms with van der Waals surface area (Å²) in [4.78, 5) is 10.0. The van der Waals surface area contributed by atoms with E-state index in [1.54, 1.807) is 24.6 Å². The van der Waals surface area contributed by atoms with Crippen LogP contribution in [0.1, 0.15) is 12.8 Å². The first-order chi connectivity index (χ1) is 12.7. The molecule has 3 heterocycles. The van der Waals surface area contributed by atoms with Crippen LogP contribution in [0.4, 0.5) is 0 Å². The lowest BCUT2D eigenvalue weighted by Gasteiger charge is -2.33. The molecule has 0 bridgehead atoms. The van der Waals surface area contributed by atoms with Crippen molar-refractivity contribution in [2.24, 2.45) is 0 Å². The fraction of sp³-hybridized carbons (Fsp3) is 0.368. The molecular weight excluding hydrogens is 348 g/mol. The van der Waals surface area contributed by atoms with Crippen LogP contribution in [-0.2, 0) is 6.54 Å². The molecule has 7 heteroatoms. The number of nitrogens with zero attached hydrogens (tertiary/aromatic N) is 3. The molecule has 2 N–H and O–H groups in total. The fourth-order valence-corrected chi connectivity index (χ4v) is 4.26. The molecule has 2 aromatic heterocycles. The highest BCUT2D eigenvalue weighted by molar-refractivity contribution is 7.18. The van der Waals surface area contributed by atoms with E-state index >= 15 is 0 Å². The number of ether oxygens (including phenoxy) is 1. The quantitative estimate of drug-likeness (QED) is 0.723. The Morgan fingerprint density at radius 3 is 3.12 bits per heavy atom. The van der Waals surface area contributed by atoms with Crippen molar-refractivity contribution in [1.29, 1.82) is 0 Å². The third-order valence-electron chi connectivity index (χ3n) is 4.67. The maximum atomic E-state index is 10.8. The maximum Gasteiger partial charge on any atom is 0.151 e. The number of aliphatic hydroxyl groups is 1. The van der Waals surface area contributed by atoms with E-state index in [-0.39, 0.29) is 0 Å². The Labute approximate surface area is 156 Å². The maximum absolute atomic E-state index is 10.8. The van der Waals surface area contributed by atoms with Gasteiger partial charge in [0.25, 0.3) is 0 Å². The van der Waals surface area contributed by atoms with Crippen LogP contribution in [-0.4, -0.2) is 45.4 Å². The number of imidazole rings is 1. The number of piperidine rings is 1. The molecular formula is C19H22N4O2S. The molecule has 3 aromatic rings. The van der Waals surface area contributed by atoms with Gasteiger partial charge in [0.05, 0.1) is 24.1 Å². The van der Waals surface area contributed by atoms with Crippen LogP contribution in [0.3, 0.4) is 0 Å². The van der Waals surface area contributed by atoms with Crippen molar-refractivity contribution in [1.82, 2.24) is 19.9 Å². The fourth-order valence-electron chi connectivity index (χ4n) is 3.33. The summed E-state index contributed by atoms with van der Waals surface area (Å²) < 4.78 is 7.32. The van der Waals surface area contributed by atoms with E-state index in [0.717, 1.165) is 46.4 Å². The van der Waals surface area contributed by atoms with Crippen molar-refractivity contribution < 1.29 is 9.84 Å². The molecule has 1 unspecified atom stereocenters. The minimum atomic E-state index is -0.728. The summed E-state index contributed by atoms with van der Waals surface area (Å²) in [6.45, 7) is 2.11. The Bertz CT molecular complexity index is 883. The van der Waals surface area contributed by atoms with Gasteiger partial charge >= 0.3 is 0 Å². The molecule has 0 spiro atoms. The highest BCUT2D eigenvalue weighted by Gasteiger charge is 2.30. The standard InChI is InChI=1S/C19H22N4O2S/c1-25-15-5-2-4-14(10-15)18-22-11-16(26-18)17-21-8-9-23(17)13-19(24)6-3-7-20-12-19/h2,4-5,8-11,20,24H,3,6-7,12-13H2,1H3. The van der Waals surface area contributed by atoms with E-state index in [0.29, 0.717) is 13.1 Å². The number of thiazole rings is 1. The summed E-state index contributed by atoms with van der Waals surface area (Å²) in [5, 5.41) is 15.0. The molecule has 26 heavy (non-hydrogen) atoms. The van der Waals surface area contributed by atoms with Crippen molar-refractivity contribution in [3.05, 3.63) is 42.9 Å². The van der Waals surface area contributed by atoms with Crippen LogP contribution in [0, 0.1) is 0 Å². The van der Waals surface area contributed by atoms with E-state index in [4.69, 9.17) is 4.74 Å². The van der Waals surface area contributed by atoms with Gasteiger partial charge < -0.3 is 19.7 Å². The normalized spacial score (nSPS) is 20.2. The lowest BCUT2D eigenvalue weighted by atomic mass is 9.94. The molecule has 6 nitrogen and oxygen atoms in total. The Balaban J connectivity index is 1.59. The summed E-state index contributed by atoms with van der Waals surface area (Å²) in [6, 6.07) is 7.88. The number of nitrogens with one attached hydrogen (secondary N) is 1. The van der Waals surface area contributed by atoms with Crippen molar-refractivity contribution in [2.75, 3.05) is 20.2 Å². The van der Waals surface area contributed by atoms with Crippen LogP contribution in [0.15, 0.2) is 42.9 Å². The molecule has 136 valence electrons. The van der Waals surface area contributed by atoms with Gasteiger partial charge in [0, 0.05) is 30.7 Å². The van der Waals surface area contributed by atoms with Crippen molar-refractivity contribution in [2.45, 2.75) is 25.0 Å². The van der Waals surface area contributed by atoms with Gasteiger partial charge in [-0.15, -0.1) is 11.3 Å². The molecule has 1 atom stereocenters. The summed E-state index contributed by atoms with van der Waals surface area (Å²) in [7, 11) is 1.66. The minimum Gasteiger partial charge on any atom is -0.497 e. The van der Waals surface area contributed by atoms with Crippen molar-refractivity contribution in [3.63, 3.8) is 0 Å². The largest absolute Gasteiger partial charge is 0.497 e. The zero-order chi connectivity index (χ0) is 18.0. The molecule has 0 saturated carbocycles. The van der Waals surface area contributed by atoms with E-state index in [2.05, 4.69) is 15.3 Å². The second-order valence-electron chi connectivity index (χ2n) is 6.65. The minimum absolute atomic E-state index is 0.529. The zero-order valence-corrected chi connectivity index (χ0v) is 15.5. The van der Waals surface area contributed by atoms with E-state index in [1.807, 2.05) is 41.2 Å². The summed E-state index contributed by atoms with van der Waals surface area (Å²) in [5.41, 5.74) is 0.294. The summed E-state index contributed by atoms with van der Waals surface area (Å²) in [6.07, 6.45) is 7.34. The smallest absolute Gasteiger partial charge is 0.151 e. The Kier molecular flexibility index (Phi) is 4.76. The van der Waals surface area contributed by atoms with E-state index in [1.165, 1.54) is 0 Å². The van der Waals surface area contributed by atoms with Crippen LogP contribution in [0.5, 0.6) is 5.75 Å². The molecule has 1 saturated heterocycles. The first-order valence-electron chi connectivity index (χ1n) is 8.72. The number of methoxy groups -OCH3 is 1. The molecule has 1 fully saturated rings. The van der Waals surface area contributed by atoms with Gasteiger partial charge in [-0.05, 0) is 31.5 Å². The zero-order valence-electron chi connectivity index (χ0n) is 14.7. The number of rotatable bonds is 5. The molecule has 4 rings (SSSR count). The lowest BCUT2D eigenvalue weighted by Crippen LogP contribution is -2.48. The van der Waals surface area contributed by atoms with Crippen LogP contribution in [0.2, 0.25) is 0 Å². The van der Waals surface area contributed by atoms with Gasteiger partial charge in [-0.25, -0.2) is 9.97 Å². The Morgan fingerprint density at radius 1 is 1.38 bits per heavy atom. The summed E-state index contributed by atoms with van der Waals surface area (Å²) >= 11 is 1.59. The van der Waals surface area contributed by atoms with Gasteiger partial charge in [-0.1, -0.05) is 12.1 Å². The number of benzene rings is 1. The Hall–Kier alpha value is -2.22. The van der Waals surface area contributed by atoms with Crippen molar-refractivity contribution in [3.8, 4) is 27.0 Å². The summed E-state index contributed by atoms with van der Waals surface area (Å²) in [5.74, 6) is 1.66. The van der Waals surface area contributed by atoms with Crippen molar-refractivity contribution >= 4 is 11.3 Å². The van der Waals surface area contributed by atoms with Gasteiger partial charge in [-0.3, -0.25) is 0 Å². The van der Waals surface area contributed by atoms with Crippen LogP contribution in [0.25, 0.3) is 21.3 Å². The average Bonchev–Trinajstić information content (AvgIpc) is 3.31. The number of hydrogen-bond donors (Lipinski definition) is 2. The predicted octanol–water partition coefficient (Wildman–Crippen LogP) is 2.80.